The highest BCUT2D eigenvalue weighted by molar-refractivity contribution is 6.21. The molecule has 1 heterocycles. The van der Waals surface area contributed by atoms with Gasteiger partial charge in [-0.1, -0.05) is 19.3 Å². The van der Waals surface area contributed by atoms with Crippen molar-refractivity contribution in [2.24, 2.45) is 11.8 Å². The fraction of sp³-hybridized carbons (Fsp3) is 0.947. The second kappa shape index (κ2) is 9.96. The number of alkyl halides is 4. The highest BCUT2D eigenvalue weighted by Gasteiger charge is 2.45. The fourth-order valence-electron chi connectivity index (χ4n) is 4.52. The number of carbonyl (C=O) groups excluding carboxylic acids is 1. The largest absolute Gasteiger partial charge is 0.391 e. The van der Waals surface area contributed by atoms with E-state index in [0.29, 0.717) is 6.42 Å². The number of hydrogen-bond donors (Lipinski definition) is 3. The maximum atomic E-state index is 13.0. The van der Waals surface area contributed by atoms with E-state index in [4.69, 9.17) is 16.3 Å². The van der Waals surface area contributed by atoms with Crippen LogP contribution in [0.15, 0.2) is 0 Å². The summed E-state index contributed by atoms with van der Waals surface area (Å²) in [7, 11) is 0. The number of rotatable bonds is 5. The van der Waals surface area contributed by atoms with Crippen molar-refractivity contribution in [2.75, 3.05) is 6.54 Å². The second-order valence-corrected chi connectivity index (χ2v) is 8.89. The van der Waals surface area contributed by atoms with Gasteiger partial charge in [0.05, 0.1) is 23.3 Å². The van der Waals surface area contributed by atoms with E-state index in [2.05, 4.69) is 16.2 Å². The lowest BCUT2D eigenvalue weighted by Crippen LogP contribution is -2.57. The smallest absolute Gasteiger partial charge is 0.359 e. The van der Waals surface area contributed by atoms with Crippen LogP contribution in [0, 0.1) is 11.8 Å². The van der Waals surface area contributed by atoms with Crippen LogP contribution in [-0.2, 0) is 9.53 Å². The predicted octanol–water partition coefficient (Wildman–Crippen LogP) is 3.62. The Morgan fingerprint density at radius 2 is 1.79 bits per heavy atom. The van der Waals surface area contributed by atoms with Crippen LogP contribution in [0.3, 0.4) is 0 Å². The van der Waals surface area contributed by atoms with Gasteiger partial charge in [-0.25, -0.2) is 5.43 Å². The molecule has 1 saturated heterocycles. The first-order valence-corrected chi connectivity index (χ1v) is 10.9. The van der Waals surface area contributed by atoms with E-state index in [9.17, 15) is 18.0 Å². The van der Waals surface area contributed by atoms with Gasteiger partial charge in [-0.2, -0.15) is 13.2 Å². The van der Waals surface area contributed by atoms with Gasteiger partial charge >= 0.3 is 6.18 Å². The molecular formula is C19H31ClF3N3O2. The highest BCUT2D eigenvalue weighted by Crippen LogP contribution is 2.39. The molecular weight excluding hydrogens is 395 g/mol. The Hall–Kier alpha value is -0.570. The minimum Gasteiger partial charge on any atom is -0.359 e. The summed E-state index contributed by atoms with van der Waals surface area (Å²) < 4.78 is 45.2. The van der Waals surface area contributed by atoms with E-state index in [1.165, 1.54) is 6.42 Å². The SMILES string of the molecule is O=C(NNC1CC(C(F)(F)F)CCC1Cl)C1CCCNC1OC1CCCCC1. The first-order chi connectivity index (χ1) is 13.3. The Labute approximate surface area is 169 Å². The number of hydrogen-bond acceptors (Lipinski definition) is 4. The second-order valence-electron chi connectivity index (χ2n) is 8.33. The molecule has 3 fully saturated rings. The molecule has 1 amide bonds. The van der Waals surface area contributed by atoms with Crippen LogP contribution in [0.2, 0.25) is 0 Å². The lowest BCUT2D eigenvalue weighted by molar-refractivity contribution is -0.183. The third-order valence-corrected chi connectivity index (χ3v) is 6.76. The van der Waals surface area contributed by atoms with Crippen LogP contribution in [0.25, 0.3) is 0 Å². The third-order valence-electron chi connectivity index (χ3n) is 6.24. The molecule has 162 valence electrons. The number of amides is 1. The quantitative estimate of drug-likeness (QED) is 0.465. The predicted molar refractivity (Wildman–Crippen MR) is 101 cm³/mol. The van der Waals surface area contributed by atoms with Gasteiger partial charge in [-0.3, -0.25) is 15.5 Å². The number of piperidine rings is 1. The maximum Gasteiger partial charge on any atom is 0.391 e. The molecule has 0 spiro atoms. The number of nitrogens with one attached hydrogen (secondary N) is 3. The Balaban J connectivity index is 1.51. The Morgan fingerprint density at radius 1 is 1.04 bits per heavy atom. The first kappa shape index (κ1) is 22.1. The summed E-state index contributed by atoms with van der Waals surface area (Å²) in [5.74, 6) is -1.99. The molecule has 9 heteroatoms. The van der Waals surface area contributed by atoms with Gasteiger partial charge in [0.2, 0.25) is 5.91 Å². The Kier molecular flexibility index (Phi) is 7.87. The summed E-state index contributed by atoms with van der Waals surface area (Å²) >= 11 is 6.21. The highest BCUT2D eigenvalue weighted by atomic mass is 35.5. The van der Waals surface area contributed by atoms with Crippen molar-refractivity contribution in [1.29, 1.82) is 0 Å². The average Bonchev–Trinajstić information content (AvgIpc) is 2.67. The standard InChI is InChI=1S/C19H31ClF3N3O2/c20-15-9-8-12(19(21,22)23)11-16(15)25-26-17(27)14-7-4-10-24-18(14)28-13-5-2-1-3-6-13/h12-16,18,24-25H,1-11H2,(H,26,27). The number of carbonyl (C=O) groups is 1. The van der Waals surface area contributed by atoms with Crippen LogP contribution >= 0.6 is 11.6 Å². The van der Waals surface area contributed by atoms with Crippen molar-refractivity contribution in [3.05, 3.63) is 0 Å². The number of hydrazine groups is 1. The molecule has 5 atom stereocenters. The van der Waals surface area contributed by atoms with Gasteiger partial charge in [0, 0.05) is 6.04 Å². The van der Waals surface area contributed by atoms with E-state index < -0.39 is 23.5 Å². The van der Waals surface area contributed by atoms with Crippen molar-refractivity contribution in [2.45, 2.75) is 94.1 Å². The van der Waals surface area contributed by atoms with Crippen LogP contribution in [0.5, 0.6) is 0 Å². The van der Waals surface area contributed by atoms with E-state index in [1.54, 1.807) is 0 Å². The lowest BCUT2D eigenvalue weighted by Gasteiger charge is -2.37. The monoisotopic (exact) mass is 425 g/mol. The number of ether oxygens (including phenoxy) is 1. The maximum absolute atomic E-state index is 13.0. The van der Waals surface area contributed by atoms with E-state index in [1.807, 2.05) is 0 Å². The third kappa shape index (κ3) is 5.97. The summed E-state index contributed by atoms with van der Waals surface area (Å²) in [6, 6.07) is -0.597. The molecule has 5 unspecified atom stereocenters. The summed E-state index contributed by atoms with van der Waals surface area (Å²) in [5.41, 5.74) is 5.41. The van der Waals surface area contributed by atoms with Crippen molar-refractivity contribution < 1.29 is 22.7 Å². The summed E-state index contributed by atoms with van der Waals surface area (Å²) in [6.45, 7) is 0.800. The van der Waals surface area contributed by atoms with Crippen LogP contribution < -0.4 is 16.2 Å². The zero-order chi connectivity index (χ0) is 20.1. The van der Waals surface area contributed by atoms with Crippen LogP contribution in [-0.4, -0.2) is 42.4 Å². The molecule has 3 aliphatic rings. The van der Waals surface area contributed by atoms with Gasteiger partial charge in [0.15, 0.2) is 0 Å². The molecule has 2 aliphatic carbocycles. The minimum absolute atomic E-state index is 0.0354. The Bertz CT molecular complexity index is 517. The van der Waals surface area contributed by atoms with E-state index in [-0.39, 0.29) is 43.4 Å². The Morgan fingerprint density at radius 3 is 2.50 bits per heavy atom. The van der Waals surface area contributed by atoms with Gasteiger partial charge < -0.3 is 4.74 Å². The molecule has 1 aliphatic heterocycles. The van der Waals surface area contributed by atoms with Crippen molar-refractivity contribution >= 4 is 17.5 Å². The zero-order valence-corrected chi connectivity index (χ0v) is 16.8. The van der Waals surface area contributed by atoms with Gasteiger partial charge in [0.25, 0.3) is 0 Å². The summed E-state index contributed by atoms with van der Waals surface area (Å²) in [5, 5.41) is 2.85. The van der Waals surface area contributed by atoms with E-state index in [0.717, 1.165) is 38.6 Å². The van der Waals surface area contributed by atoms with Crippen molar-refractivity contribution in [1.82, 2.24) is 16.2 Å². The van der Waals surface area contributed by atoms with Gasteiger partial charge in [-0.15, -0.1) is 11.6 Å². The van der Waals surface area contributed by atoms with E-state index >= 15 is 0 Å². The zero-order valence-electron chi connectivity index (χ0n) is 16.1. The van der Waals surface area contributed by atoms with Crippen LogP contribution in [0.1, 0.15) is 64.2 Å². The molecule has 0 aromatic heterocycles. The van der Waals surface area contributed by atoms with Gasteiger partial charge in [0.1, 0.15) is 6.23 Å². The van der Waals surface area contributed by atoms with Crippen molar-refractivity contribution in [3.63, 3.8) is 0 Å². The van der Waals surface area contributed by atoms with Crippen molar-refractivity contribution in [3.8, 4) is 0 Å². The number of halogens is 4. The summed E-state index contributed by atoms with van der Waals surface area (Å²) in [4.78, 5) is 12.7. The molecule has 2 saturated carbocycles. The first-order valence-electron chi connectivity index (χ1n) is 10.5. The normalized spacial score (nSPS) is 35.5. The molecule has 0 aromatic carbocycles. The molecule has 3 rings (SSSR count). The molecule has 0 aromatic rings. The average molecular weight is 426 g/mol. The topological polar surface area (TPSA) is 62.4 Å². The molecule has 0 bridgehead atoms. The molecule has 28 heavy (non-hydrogen) atoms. The lowest BCUT2D eigenvalue weighted by atomic mass is 9.85. The summed E-state index contributed by atoms with van der Waals surface area (Å²) in [6.07, 6.45) is 2.89. The molecule has 3 N–H and O–H groups in total. The van der Waals surface area contributed by atoms with Crippen LogP contribution in [0.4, 0.5) is 13.2 Å². The fourth-order valence-corrected chi connectivity index (χ4v) is 4.81. The molecule has 5 nitrogen and oxygen atoms in total. The minimum atomic E-state index is -4.23. The molecule has 0 radical (unpaired) electrons. The van der Waals surface area contributed by atoms with Gasteiger partial charge in [-0.05, 0) is 51.5 Å².